The third-order valence-electron chi connectivity index (χ3n) is 11.3. The summed E-state index contributed by atoms with van der Waals surface area (Å²) in [5.41, 5.74) is -0.554. The van der Waals surface area contributed by atoms with E-state index in [-0.39, 0.29) is 12.6 Å². The summed E-state index contributed by atoms with van der Waals surface area (Å²) in [5.74, 6) is -8.87. The summed E-state index contributed by atoms with van der Waals surface area (Å²) in [5, 5.41) is 122. The highest BCUT2D eigenvalue weighted by atomic mass is 19.1. The number of carboxylic acids is 1. The van der Waals surface area contributed by atoms with Crippen molar-refractivity contribution in [1.29, 1.82) is 0 Å². The highest BCUT2D eigenvalue weighted by molar-refractivity contribution is 5.97. The summed E-state index contributed by atoms with van der Waals surface area (Å²) in [6.45, 7) is -2.03. The Bertz CT molecular complexity index is 1710. The van der Waals surface area contributed by atoms with Crippen molar-refractivity contribution in [1.82, 2.24) is 10.6 Å². The number of carboxylic acid groups (broad SMARTS) is 1. The average molecular weight is 941 g/mol. The standard InChI is InChI=1S/C40H61FN2O22/c1-18(47)42-27-22(49)14-40(39(57)58,64-34(27)29(52)23(50)15-44)65-35-30(53)24(16-45)61-38(32(35)55)63-33-25(17-46)62-37(60-12-8-6-4-3-5-7-9-26(51)59-2)28(31(33)54)43-36(56)20-13-19(41)10-11-21(20)48/h10-11,13,22-25,27-35,37-38,44-46,48-50,52-55H,3-9,12,14-17H2,1-2H3,(H,42,47)(H,43,56)(H,57,58)/t22?,23?,24?,25?,27-,28?,29?,30-,31?,32?,33+,34?,35?,37-,38?,40+/m1/s1. The molecular weight excluding hydrogens is 879 g/mol. The van der Waals surface area contributed by atoms with Gasteiger partial charge in [0, 0.05) is 26.4 Å². The van der Waals surface area contributed by atoms with Gasteiger partial charge in [0.05, 0.1) is 44.6 Å². The number of aliphatic carboxylic acids is 1. The van der Waals surface area contributed by atoms with Gasteiger partial charge < -0.3 is 100.0 Å². The maximum atomic E-state index is 14.2. The highest BCUT2D eigenvalue weighted by Crippen LogP contribution is 2.38. The number of rotatable bonds is 23. The van der Waals surface area contributed by atoms with E-state index in [1.807, 2.05) is 0 Å². The molecule has 0 aliphatic carbocycles. The third kappa shape index (κ3) is 13.7. The maximum absolute atomic E-state index is 14.2. The second-order valence-electron chi connectivity index (χ2n) is 16.0. The zero-order chi connectivity index (χ0) is 48.2. The first-order valence-electron chi connectivity index (χ1n) is 21.0. The largest absolute Gasteiger partial charge is 0.507 e. The summed E-state index contributed by atoms with van der Waals surface area (Å²) in [4.78, 5) is 49.7. The summed E-state index contributed by atoms with van der Waals surface area (Å²) in [6.07, 6.45) is -22.2. The van der Waals surface area contributed by atoms with Gasteiger partial charge in [0.1, 0.15) is 78.6 Å². The maximum Gasteiger partial charge on any atom is 0.364 e. The van der Waals surface area contributed by atoms with Crippen LogP contribution < -0.4 is 10.6 Å². The second kappa shape index (κ2) is 24.8. The normalized spacial score (nSPS) is 33.7. The van der Waals surface area contributed by atoms with Gasteiger partial charge in [-0.1, -0.05) is 25.7 Å². The molecule has 1 aromatic carbocycles. The zero-order valence-electron chi connectivity index (χ0n) is 35.7. The van der Waals surface area contributed by atoms with Crippen LogP contribution in [0.2, 0.25) is 0 Å². The minimum Gasteiger partial charge on any atom is -0.507 e. The Kier molecular flexibility index (Phi) is 20.6. The van der Waals surface area contributed by atoms with Crippen molar-refractivity contribution in [2.45, 2.75) is 156 Å². The number of carbonyl (C=O) groups excluding carboxylic acids is 3. The SMILES string of the molecule is COC(=O)CCCCCCCCO[C@@H]1OC(CO)[C@H](OC2OC(CO)[C@@H](O)C(O[C@]3(C(=O)O)CC(O)[C@@H](NC(C)=O)C(C(O)C(O)CO)O3)C2O)C(O)C1NC(=O)c1cc(F)ccc1O. The van der Waals surface area contributed by atoms with Crippen LogP contribution in [0.3, 0.4) is 0 Å². The van der Waals surface area contributed by atoms with Crippen LogP contribution in [0.5, 0.6) is 5.75 Å². The number of halogens is 1. The second-order valence-corrected chi connectivity index (χ2v) is 16.0. The van der Waals surface area contributed by atoms with Gasteiger partial charge in [0.2, 0.25) is 5.91 Å². The van der Waals surface area contributed by atoms with E-state index in [1.165, 1.54) is 7.11 Å². The lowest BCUT2D eigenvalue weighted by Crippen LogP contribution is -2.71. The fraction of sp³-hybridized carbons (Fsp3) is 0.750. The van der Waals surface area contributed by atoms with Gasteiger partial charge in [-0.3, -0.25) is 14.4 Å². The van der Waals surface area contributed by atoms with Crippen LogP contribution >= 0.6 is 0 Å². The summed E-state index contributed by atoms with van der Waals surface area (Å²) >= 11 is 0. The van der Waals surface area contributed by atoms with Gasteiger partial charge in [0.15, 0.2) is 12.6 Å². The number of benzene rings is 1. The van der Waals surface area contributed by atoms with Crippen molar-refractivity contribution < 1.29 is 113 Å². The number of hydrogen-bond acceptors (Lipinski definition) is 21. The molecule has 4 rings (SSSR count). The van der Waals surface area contributed by atoms with Crippen LogP contribution in [-0.4, -0.2) is 211 Å². The Morgan fingerprint density at radius 2 is 1.51 bits per heavy atom. The molecule has 0 aromatic heterocycles. The molecule has 1 aromatic rings. The molecule has 370 valence electrons. The fourth-order valence-corrected chi connectivity index (χ4v) is 7.76. The first-order valence-corrected chi connectivity index (χ1v) is 21.0. The van der Waals surface area contributed by atoms with E-state index < -0.39 is 159 Å². The molecule has 11 unspecified atom stereocenters. The summed E-state index contributed by atoms with van der Waals surface area (Å²) < 4.78 is 53.5. The number of esters is 1. The van der Waals surface area contributed by atoms with Gasteiger partial charge in [-0.05, 0) is 31.0 Å². The predicted molar refractivity (Wildman–Crippen MR) is 211 cm³/mol. The molecule has 16 atom stereocenters. The van der Waals surface area contributed by atoms with E-state index in [0.29, 0.717) is 25.7 Å². The summed E-state index contributed by atoms with van der Waals surface area (Å²) in [7, 11) is 1.31. The Labute approximate surface area is 371 Å². The Morgan fingerprint density at radius 3 is 2.12 bits per heavy atom. The lowest BCUT2D eigenvalue weighted by molar-refractivity contribution is -0.382. The van der Waals surface area contributed by atoms with Crippen LogP contribution in [0, 0.1) is 5.82 Å². The number of hydrogen-bond donors (Lipinski definition) is 13. The number of aliphatic hydroxyl groups is 9. The Balaban J connectivity index is 1.58. The minimum absolute atomic E-state index is 0.00908. The molecule has 0 spiro atoms. The molecule has 24 nitrogen and oxygen atoms in total. The number of carbonyl (C=O) groups is 4. The third-order valence-corrected chi connectivity index (χ3v) is 11.3. The zero-order valence-corrected chi connectivity index (χ0v) is 35.7. The van der Waals surface area contributed by atoms with Gasteiger partial charge in [0.25, 0.3) is 11.7 Å². The molecule has 0 saturated carbocycles. The smallest absolute Gasteiger partial charge is 0.364 e. The average Bonchev–Trinajstić information content (AvgIpc) is 3.27. The number of phenols is 1. The molecule has 25 heteroatoms. The minimum atomic E-state index is -3.11. The molecule has 0 bridgehead atoms. The van der Waals surface area contributed by atoms with Crippen molar-refractivity contribution in [3.63, 3.8) is 0 Å². The predicted octanol–water partition coefficient (Wildman–Crippen LogP) is -4.01. The molecule has 3 fully saturated rings. The quantitative estimate of drug-likeness (QED) is 0.0367. The van der Waals surface area contributed by atoms with E-state index in [0.717, 1.165) is 44.4 Å². The molecule has 3 aliphatic heterocycles. The monoisotopic (exact) mass is 940 g/mol. The Hall–Kier alpha value is -3.77. The summed E-state index contributed by atoms with van der Waals surface area (Å²) in [6, 6.07) is -0.714. The first kappa shape index (κ1) is 53.8. The van der Waals surface area contributed by atoms with Crippen molar-refractivity contribution in [3.05, 3.63) is 29.6 Å². The number of nitrogens with one attached hydrogen (secondary N) is 2. The molecule has 65 heavy (non-hydrogen) atoms. The van der Waals surface area contributed by atoms with Crippen LogP contribution in [0.4, 0.5) is 4.39 Å². The number of methoxy groups -OCH3 is 1. The van der Waals surface area contributed by atoms with E-state index >= 15 is 0 Å². The number of aliphatic hydroxyl groups excluding tert-OH is 9. The van der Waals surface area contributed by atoms with Gasteiger partial charge in [-0.25, -0.2) is 9.18 Å². The molecule has 2 amide bonds. The first-order chi connectivity index (χ1) is 30.8. The van der Waals surface area contributed by atoms with Crippen LogP contribution in [0.1, 0.15) is 68.6 Å². The molecule has 3 heterocycles. The molecule has 3 aliphatic rings. The van der Waals surface area contributed by atoms with E-state index in [2.05, 4.69) is 15.4 Å². The molecule has 3 saturated heterocycles. The van der Waals surface area contributed by atoms with Crippen LogP contribution in [0.25, 0.3) is 0 Å². The highest BCUT2D eigenvalue weighted by Gasteiger charge is 2.60. The topological polar surface area (TPSA) is 379 Å². The molecule has 0 radical (unpaired) electrons. The van der Waals surface area contributed by atoms with Gasteiger partial charge in [-0.15, -0.1) is 0 Å². The van der Waals surface area contributed by atoms with Gasteiger partial charge in [-0.2, -0.15) is 0 Å². The fourth-order valence-electron chi connectivity index (χ4n) is 7.76. The number of amides is 2. The lowest BCUT2D eigenvalue weighted by atomic mass is 9.88. The van der Waals surface area contributed by atoms with Crippen molar-refractivity contribution in [3.8, 4) is 5.75 Å². The van der Waals surface area contributed by atoms with Crippen molar-refractivity contribution >= 4 is 23.8 Å². The van der Waals surface area contributed by atoms with Crippen LogP contribution in [-0.2, 0) is 47.5 Å². The number of phenolic OH excluding ortho intramolecular Hbond substituents is 1. The van der Waals surface area contributed by atoms with E-state index in [4.69, 9.17) is 28.4 Å². The Morgan fingerprint density at radius 1 is 0.862 bits per heavy atom. The van der Waals surface area contributed by atoms with Crippen molar-refractivity contribution in [2.75, 3.05) is 33.5 Å². The number of aromatic hydroxyl groups is 1. The van der Waals surface area contributed by atoms with E-state index in [1.54, 1.807) is 0 Å². The molecule has 13 N–H and O–H groups in total. The molecular formula is C40H61FN2O22. The van der Waals surface area contributed by atoms with E-state index in [9.17, 15) is 79.7 Å². The van der Waals surface area contributed by atoms with Crippen molar-refractivity contribution in [2.24, 2.45) is 0 Å². The van der Waals surface area contributed by atoms with Gasteiger partial charge >= 0.3 is 11.9 Å². The number of ether oxygens (including phenoxy) is 7. The number of unbranched alkanes of at least 4 members (excludes halogenated alkanes) is 5. The van der Waals surface area contributed by atoms with Crippen LogP contribution in [0.15, 0.2) is 18.2 Å². The lowest BCUT2D eigenvalue weighted by Gasteiger charge is -2.51.